The lowest BCUT2D eigenvalue weighted by Crippen LogP contribution is -2.59. The molecular weight excluding hydrogens is 588 g/mol. The molecule has 0 aliphatic carbocycles. The number of sulfonamides is 1. The maximum absolute atomic E-state index is 13.7. The minimum Gasteiger partial charge on any atom is -0.504 e. The van der Waals surface area contributed by atoms with Crippen LogP contribution in [-0.2, 0) is 30.8 Å². The Hall–Kier alpha value is -3.68. The van der Waals surface area contributed by atoms with Gasteiger partial charge in [-0.05, 0) is 35.4 Å². The molecule has 0 heterocycles. The molecule has 0 unspecified atom stereocenters. The molecule has 44 heavy (non-hydrogen) atoms. The third-order valence-corrected chi connectivity index (χ3v) is 8.66. The summed E-state index contributed by atoms with van der Waals surface area (Å²) in [5.74, 6) is -2.68. The lowest BCUT2D eigenvalue weighted by Gasteiger charge is -2.34. The van der Waals surface area contributed by atoms with E-state index in [0.29, 0.717) is 0 Å². The zero-order valence-electron chi connectivity index (χ0n) is 26.2. The van der Waals surface area contributed by atoms with Crippen molar-refractivity contribution in [1.82, 2.24) is 20.3 Å². The molecule has 0 bridgehead atoms. The van der Waals surface area contributed by atoms with Crippen molar-refractivity contribution in [3.63, 3.8) is 0 Å². The van der Waals surface area contributed by atoms with E-state index in [2.05, 4.69) is 16.0 Å². The van der Waals surface area contributed by atoms with Crippen LogP contribution in [0.25, 0.3) is 0 Å². The molecule has 2 rings (SSSR count). The third-order valence-electron chi connectivity index (χ3n) is 6.84. The van der Waals surface area contributed by atoms with Gasteiger partial charge in [0.1, 0.15) is 6.04 Å². The van der Waals surface area contributed by atoms with Crippen LogP contribution >= 0.6 is 0 Å². The van der Waals surface area contributed by atoms with Crippen LogP contribution in [0.5, 0.6) is 11.5 Å². The Morgan fingerprint density at radius 1 is 0.909 bits per heavy atom. The maximum atomic E-state index is 13.7. The smallest absolute Gasteiger partial charge is 0.243 e. The molecular formula is C31H46N4O8S. The average molecular weight is 635 g/mol. The second-order valence-electron chi connectivity index (χ2n) is 12.2. The Kier molecular flexibility index (Phi) is 13.2. The fourth-order valence-electron chi connectivity index (χ4n) is 4.44. The number of aliphatic hydroxyl groups excluding tert-OH is 1. The number of carbonyl (C=O) groups excluding carboxylic acids is 3. The highest BCUT2D eigenvalue weighted by Crippen LogP contribution is 2.29. The Labute approximate surface area is 259 Å². The third kappa shape index (κ3) is 10.8. The van der Waals surface area contributed by atoms with Gasteiger partial charge in [-0.25, -0.2) is 8.42 Å². The van der Waals surface area contributed by atoms with Gasteiger partial charge in [0.2, 0.25) is 27.7 Å². The highest BCUT2D eigenvalue weighted by molar-refractivity contribution is 7.89. The molecule has 0 aliphatic heterocycles. The maximum Gasteiger partial charge on any atom is 0.243 e. The molecule has 0 saturated carbocycles. The van der Waals surface area contributed by atoms with Crippen molar-refractivity contribution in [2.24, 2.45) is 11.3 Å². The predicted molar refractivity (Wildman–Crippen MR) is 166 cm³/mol. The van der Waals surface area contributed by atoms with Gasteiger partial charge in [0.15, 0.2) is 11.5 Å². The molecule has 6 N–H and O–H groups in total. The van der Waals surface area contributed by atoms with Crippen molar-refractivity contribution in [1.29, 1.82) is 0 Å². The van der Waals surface area contributed by atoms with E-state index in [1.807, 2.05) is 32.0 Å². The number of aromatic hydroxyl groups is 2. The number of hydrogen-bond donors (Lipinski definition) is 6. The summed E-state index contributed by atoms with van der Waals surface area (Å²) >= 11 is 0. The van der Waals surface area contributed by atoms with E-state index in [1.165, 1.54) is 0 Å². The first-order valence-corrected chi connectivity index (χ1v) is 16.0. The van der Waals surface area contributed by atoms with E-state index < -0.39 is 63.5 Å². The number of hydrogen-bond acceptors (Lipinski definition) is 8. The molecule has 2 aromatic rings. The Bertz CT molecular complexity index is 1380. The van der Waals surface area contributed by atoms with Gasteiger partial charge in [-0.3, -0.25) is 14.4 Å². The largest absolute Gasteiger partial charge is 0.504 e. The molecule has 0 saturated heterocycles. The fourth-order valence-corrected chi connectivity index (χ4v) is 6.08. The van der Waals surface area contributed by atoms with E-state index in [4.69, 9.17) is 0 Å². The Morgan fingerprint density at radius 2 is 1.55 bits per heavy atom. The standard InChI is InChI=1S/C31H46N4O8S/c1-7-27(39)32-17-28(40)34-29(31(4,5)6)30(41)33-23(15-21-11-9-8-10-12-21)26(38)19-35(18-20(2)3)44(42,43)22-13-14-24(36)25(37)16-22/h8-14,16,20,23,26,29,36-38H,7,15,17-19H2,1-6H3,(H,32,39)(H,33,41)(H,34,40)/t23-,26+,29+/m0/s1. The van der Waals surface area contributed by atoms with E-state index in [-0.39, 0.29) is 42.7 Å². The van der Waals surface area contributed by atoms with Crippen molar-refractivity contribution in [2.75, 3.05) is 19.6 Å². The van der Waals surface area contributed by atoms with E-state index in [9.17, 15) is 38.1 Å². The van der Waals surface area contributed by atoms with Gasteiger partial charge in [-0.1, -0.05) is 71.9 Å². The topological polar surface area (TPSA) is 185 Å². The van der Waals surface area contributed by atoms with Crippen LogP contribution in [0.1, 0.15) is 53.5 Å². The van der Waals surface area contributed by atoms with Crippen LogP contribution in [-0.4, -0.2) is 83.6 Å². The molecule has 0 spiro atoms. The highest BCUT2D eigenvalue weighted by atomic mass is 32.2. The normalized spacial score (nSPS) is 14.1. The van der Waals surface area contributed by atoms with Gasteiger partial charge >= 0.3 is 0 Å². The minimum absolute atomic E-state index is 0.0250. The van der Waals surface area contributed by atoms with Crippen molar-refractivity contribution in [3.05, 3.63) is 54.1 Å². The zero-order valence-corrected chi connectivity index (χ0v) is 27.0. The quantitative estimate of drug-likeness (QED) is 0.160. The number of nitrogens with zero attached hydrogens (tertiary/aromatic N) is 1. The first-order chi connectivity index (χ1) is 20.4. The Morgan fingerprint density at radius 3 is 2.09 bits per heavy atom. The Balaban J connectivity index is 2.39. The monoisotopic (exact) mass is 634 g/mol. The number of nitrogens with one attached hydrogen (secondary N) is 3. The van der Waals surface area contributed by atoms with Crippen LogP contribution in [0.15, 0.2) is 53.4 Å². The summed E-state index contributed by atoms with van der Waals surface area (Å²) in [6.45, 7) is 9.87. The second-order valence-corrected chi connectivity index (χ2v) is 14.2. The fraction of sp³-hybridized carbons (Fsp3) is 0.516. The van der Waals surface area contributed by atoms with E-state index >= 15 is 0 Å². The van der Waals surface area contributed by atoms with Gasteiger partial charge in [0.05, 0.1) is 23.6 Å². The predicted octanol–water partition coefficient (Wildman–Crippen LogP) is 1.89. The SMILES string of the molecule is CCC(=O)NCC(=O)N[C@H](C(=O)N[C@@H](Cc1ccccc1)[C@H](O)CN(CC(C)C)S(=O)(=O)c1ccc(O)c(O)c1)C(C)(C)C. The van der Waals surface area contributed by atoms with Crippen molar-refractivity contribution >= 4 is 27.7 Å². The van der Waals surface area contributed by atoms with Crippen LogP contribution < -0.4 is 16.0 Å². The van der Waals surface area contributed by atoms with Crippen molar-refractivity contribution < 1.29 is 38.1 Å². The summed E-state index contributed by atoms with van der Waals surface area (Å²) < 4.78 is 28.3. The molecule has 13 heteroatoms. The summed E-state index contributed by atoms with van der Waals surface area (Å²) in [6.07, 6.45) is -1.04. The molecule has 0 radical (unpaired) electrons. The number of rotatable bonds is 15. The van der Waals surface area contributed by atoms with Crippen LogP contribution in [0.3, 0.4) is 0 Å². The number of phenols is 2. The van der Waals surface area contributed by atoms with Crippen molar-refractivity contribution in [2.45, 2.75) is 77.5 Å². The molecule has 0 aliphatic rings. The van der Waals surface area contributed by atoms with Gasteiger partial charge in [0.25, 0.3) is 0 Å². The number of benzene rings is 2. The summed E-state index contributed by atoms with van der Waals surface area (Å²) in [7, 11) is -4.24. The molecule has 0 fully saturated rings. The highest BCUT2D eigenvalue weighted by Gasteiger charge is 2.36. The number of aliphatic hydroxyl groups is 1. The van der Waals surface area contributed by atoms with Gasteiger partial charge in [0, 0.05) is 25.6 Å². The summed E-state index contributed by atoms with van der Waals surface area (Å²) in [5, 5.41) is 39.1. The molecule has 3 amide bonds. The van der Waals surface area contributed by atoms with E-state index in [1.54, 1.807) is 39.8 Å². The first-order valence-electron chi connectivity index (χ1n) is 14.6. The number of phenolic OH excluding ortho intramolecular Hbond substituents is 2. The summed E-state index contributed by atoms with van der Waals surface area (Å²) in [6, 6.07) is 10.2. The lowest BCUT2D eigenvalue weighted by molar-refractivity contribution is -0.132. The average Bonchev–Trinajstić information content (AvgIpc) is 2.94. The van der Waals surface area contributed by atoms with Crippen LogP contribution in [0, 0.1) is 11.3 Å². The molecule has 12 nitrogen and oxygen atoms in total. The van der Waals surface area contributed by atoms with Gasteiger partial charge < -0.3 is 31.3 Å². The minimum atomic E-state index is -4.24. The van der Waals surface area contributed by atoms with Gasteiger partial charge in [-0.15, -0.1) is 0 Å². The van der Waals surface area contributed by atoms with Crippen LogP contribution in [0.4, 0.5) is 0 Å². The molecule has 244 valence electrons. The first kappa shape index (κ1) is 36.5. The lowest BCUT2D eigenvalue weighted by atomic mass is 9.85. The van der Waals surface area contributed by atoms with E-state index in [0.717, 1.165) is 28.1 Å². The summed E-state index contributed by atoms with van der Waals surface area (Å²) in [4.78, 5) is 37.6. The van der Waals surface area contributed by atoms with Crippen LogP contribution in [0.2, 0.25) is 0 Å². The van der Waals surface area contributed by atoms with Gasteiger partial charge in [-0.2, -0.15) is 4.31 Å². The second kappa shape index (κ2) is 15.9. The molecule has 2 aromatic carbocycles. The zero-order chi connectivity index (χ0) is 33.2. The summed E-state index contributed by atoms with van der Waals surface area (Å²) in [5.41, 5.74) is 0.0159. The molecule has 0 aromatic heterocycles. The number of amides is 3. The molecule has 3 atom stereocenters. The van der Waals surface area contributed by atoms with Crippen molar-refractivity contribution in [3.8, 4) is 11.5 Å². The number of carbonyl (C=O) groups is 3.